The van der Waals surface area contributed by atoms with Gasteiger partial charge in [-0.25, -0.2) is 4.98 Å². The first kappa shape index (κ1) is 14.1. The van der Waals surface area contributed by atoms with Gasteiger partial charge in [0.15, 0.2) is 0 Å². The Bertz CT molecular complexity index is 676. The van der Waals surface area contributed by atoms with E-state index < -0.39 is 0 Å². The molecule has 5 nitrogen and oxygen atoms in total. The smallest absolute Gasteiger partial charge is 0.224 e. The number of amides is 1. The van der Waals surface area contributed by atoms with Crippen LogP contribution in [0.25, 0.3) is 10.9 Å². The van der Waals surface area contributed by atoms with E-state index in [1.165, 1.54) is 0 Å². The van der Waals surface area contributed by atoms with Crippen LogP contribution in [-0.2, 0) is 4.79 Å². The van der Waals surface area contributed by atoms with Crippen molar-refractivity contribution in [3.8, 4) is 0 Å². The van der Waals surface area contributed by atoms with Crippen LogP contribution in [0, 0.1) is 0 Å². The van der Waals surface area contributed by atoms with Crippen molar-refractivity contribution in [3.63, 3.8) is 0 Å². The van der Waals surface area contributed by atoms with Gasteiger partial charge in [0.25, 0.3) is 0 Å². The summed E-state index contributed by atoms with van der Waals surface area (Å²) in [6.07, 6.45) is 0.926. The number of nitrogens with zero attached hydrogens (tertiary/aromatic N) is 4. The minimum absolute atomic E-state index is 0.127. The summed E-state index contributed by atoms with van der Waals surface area (Å²) in [5.41, 5.74) is 0.847. The molecule has 1 aliphatic rings. The van der Waals surface area contributed by atoms with E-state index in [4.69, 9.17) is 11.6 Å². The molecular formula is C15H17ClN4O. The van der Waals surface area contributed by atoms with Gasteiger partial charge in [-0.15, -0.1) is 0 Å². The minimum Gasteiger partial charge on any atom is -0.354 e. The number of fused-ring (bicyclic) bond motifs is 1. The average Bonchev–Trinajstić information content (AvgIpc) is 2.72. The van der Waals surface area contributed by atoms with Gasteiger partial charge in [0, 0.05) is 38.5 Å². The maximum atomic E-state index is 11.5. The van der Waals surface area contributed by atoms with E-state index in [1.54, 1.807) is 6.92 Å². The van der Waals surface area contributed by atoms with E-state index in [9.17, 15) is 4.79 Å². The van der Waals surface area contributed by atoms with Gasteiger partial charge < -0.3 is 9.80 Å². The molecule has 21 heavy (non-hydrogen) atoms. The fourth-order valence-corrected chi connectivity index (χ4v) is 2.89. The zero-order valence-corrected chi connectivity index (χ0v) is 12.7. The molecule has 0 atom stereocenters. The van der Waals surface area contributed by atoms with Crippen molar-refractivity contribution in [3.05, 3.63) is 29.5 Å². The van der Waals surface area contributed by atoms with E-state index in [1.807, 2.05) is 29.2 Å². The van der Waals surface area contributed by atoms with Gasteiger partial charge in [0.2, 0.25) is 11.2 Å². The summed E-state index contributed by atoms with van der Waals surface area (Å²) in [6.45, 7) is 4.75. The lowest BCUT2D eigenvalue weighted by atomic mass is 10.2. The molecule has 2 heterocycles. The maximum absolute atomic E-state index is 11.5. The summed E-state index contributed by atoms with van der Waals surface area (Å²) < 4.78 is 0. The Balaban J connectivity index is 1.95. The first-order chi connectivity index (χ1) is 10.1. The van der Waals surface area contributed by atoms with Crippen LogP contribution in [0.4, 0.5) is 5.82 Å². The molecule has 1 aromatic carbocycles. The highest BCUT2D eigenvalue weighted by molar-refractivity contribution is 6.28. The van der Waals surface area contributed by atoms with Crippen LogP contribution >= 0.6 is 11.6 Å². The topological polar surface area (TPSA) is 49.3 Å². The lowest BCUT2D eigenvalue weighted by Crippen LogP contribution is -2.34. The van der Waals surface area contributed by atoms with Crippen molar-refractivity contribution < 1.29 is 4.79 Å². The summed E-state index contributed by atoms with van der Waals surface area (Å²) in [6, 6.07) is 7.86. The molecule has 6 heteroatoms. The second kappa shape index (κ2) is 5.85. The van der Waals surface area contributed by atoms with E-state index >= 15 is 0 Å². The summed E-state index contributed by atoms with van der Waals surface area (Å²) >= 11 is 6.05. The minimum atomic E-state index is 0.127. The second-order valence-electron chi connectivity index (χ2n) is 5.18. The Labute approximate surface area is 128 Å². The molecule has 1 amide bonds. The molecule has 2 aromatic rings. The summed E-state index contributed by atoms with van der Waals surface area (Å²) in [5, 5.41) is 1.26. The Morgan fingerprint density at radius 2 is 1.95 bits per heavy atom. The molecule has 0 N–H and O–H groups in total. The van der Waals surface area contributed by atoms with E-state index in [2.05, 4.69) is 14.9 Å². The molecule has 1 fully saturated rings. The predicted octanol–water partition coefficient (Wildman–Crippen LogP) is 2.34. The number of para-hydroxylation sites is 1. The predicted molar refractivity (Wildman–Crippen MR) is 83.6 cm³/mol. The number of aromatic nitrogens is 2. The fraction of sp³-hybridized carbons (Fsp3) is 0.400. The number of hydrogen-bond acceptors (Lipinski definition) is 4. The normalized spacial score (nSPS) is 16.1. The third-order valence-corrected chi connectivity index (χ3v) is 3.97. The van der Waals surface area contributed by atoms with Crippen LogP contribution < -0.4 is 4.90 Å². The lowest BCUT2D eigenvalue weighted by Gasteiger charge is -2.23. The molecular weight excluding hydrogens is 288 g/mol. The molecule has 0 radical (unpaired) electrons. The molecule has 0 spiro atoms. The fourth-order valence-electron chi connectivity index (χ4n) is 2.72. The van der Waals surface area contributed by atoms with Crippen LogP contribution in [-0.4, -0.2) is 47.0 Å². The summed E-state index contributed by atoms with van der Waals surface area (Å²) in [4.78, 5) is 24.3. The van der Waals surface area contributed by atoms with Crippen LogP contribution in [0.1, 0.15) is 13.3 Å². The largest absolute Gasteiger partial charge is 0.354 e. The van der Waals surface area contributed by atoms with Gasteiger partial charge in [-0.05, 0) is 30.2 Å². The first-order valence-electron chi connectivity index (χ1n) is 7.08. The third kappa shape index (κ3) is 2.93. The molecule has 1 saturated heterocycles. The zero-order valence-electron chi connectivity index (χ0n) is 11.9. The number of hydrogen-bond donors (Lipinski definition) is 0. The Morgan fingerprint density at radius 1 is 1.14 bits per heavy atom. The maximum Gasteiger partial charge on any atom is 0.224 e. The molecule has 0 aliphatic carbocycles. The van der Waals surface area contributed by atoms with Crippen molar-refractivity contribution in [1.82, 2.24) is 14.9 Å². The Morgan fingerprint density at radius 3 is 2.76 bits per heavy atom. The monoisotopic (exact) mass is 304 g/mol. The Kier molecular flexibility index (Phi) is 3.92. The number of anilines is 1. The number of carbonyl (C=O) groups is 1. The molecule has 0 unspecified atom stereocenters. The number of halogens is 1. The molecule has 1 aliphatic heterocycles. The van der Waals surface area contributed by atoms with Gasteiger partial charge in [-0.3, -0.25) is 4.79 Å². The highest BCUT2D eigenvalue weighted by atomic mass is 35.5. The molecule has 0 bridgehead atoms. The van der Waals surface area contributed by atoms with Crippen molar-refractivity contribution >= 4 is 34.2 Å². The van der Waals surface area contributed by atoms with Gasteiger partial charge in [0.1, 0.15) is 5.82 Å². The number of rotatable bonds is 1. The zero-order chi connectivity index (χ0) is 14.8. The standard InChI is InChI=1S/C15H17ClN4O/c1-11(21)19-7-4-8-20(10-9-19)14-12-5-2-3-6-13(12)17-15(16)18-14/h2-3,5-6H,4,7-10H2,1H3. The van der Waals surface area contributed by atoms with Crippen molar-refractivity contribution in [2.24, 2.45) is 0 Å². The molecule has 110 valence electrons. The van der Waals surface area contributed by atoms with Gasteiger partial charge in [-0.1, -0.05) is 12.1 Å². The highest BCUT2D eigenvalue weighted by Crippen LogP contribution is 2.26. The third-order valence-electron chi connectivity index (χ3n) is 3.80. The molecule has 0 saturated carbocycles. The van der Waals surface area contributed by atoms with Gasteiger partial charge >= 0.3 is 0 Å². The van der Waals surface area contributed by atoms with Crippen molar-refractivity contribution in [1.29, 1.82) is 0 Å². The van der Waals surface area contributed by atoms with Crippen molar-refractivity contribution in [2.45, 2.75) is 13.3 Å². The molecule has 3 rings (SSSR count). The van der Waals surface area contributed by atoms with E-state index in [0.717, 1.165) is 42.8 Å². The van der Waals surface area contributed by atoms with Crippen molar-refractivity contribution in [2.75, 3.05) is 31.1 Å². The SMILES string of the molecule is CC(=O)N1CCCN(c2nc(Cl)nc3ccccc23)CC1. The van der Waals surface area contributed by atoms with Crippen LogP contribution in [0.2, 0.25) is 5.28 Å². The van der Waals surface area contributed by atoms with Crippen LogP contribution in [0.3, 0.4) is 0 Å². The van der Waals surface area contributed by atoms with Gasteiger partial charge in [0.05, 0.1) is 5.52 Å². The van der Waals surface area contributed by atoms with E-state index in [-0.39, 0.29) is 11.2 Å². The number of benzene rings is 1. The second-order valence-corrected chi connectivity index (χ2v) is 5.52. The van der Waals surface area contributed by atoms with Crippen LogP contribution in [0.5, 0.6) is 0 Å². The average molecular weight is 305 g/mol. The Hall–Kier alpha value is -1.88. The number of carbonyl (C=O) groups excluding carboxylic acids is 1. The van der Waals surface area contributed by atoms with Crippen LogP contribution in [0.15, 0.2) is 24.3 Å². The van der Waals surface area contributed by atoms with Gasteiger partial charge in [-0.2, -0.15) is 4.98 Å². The first-order valence-corrected chi connectivity index (χ1v) is 7.45. The summed E-state index contributed by atoms with van der Waals surface area (Å²) in [7, 11) is 0. The summed E-state index contributed by atoms with van der Waals surface area (Å²) in [5.74, 6) is 0.985. The quantitative estimate of drug-likeness (QED) is 0.759. The van der Waals surface area contributed by atoms with E-state index in [0.29, 0.717) is 6.54 Å². The lowest BCUT2D eigenvalue weighted by molar-refractivity contribution is -0.128. The molecule has 1 aromatic heterocycles. The highest BCUT2D eigenvalue weighted by Gasteiger charge is 2.19.